The van der Waals surface area contributed by atoms with E-state index >= 15 is 0 Å². The van der Waals surface area contributed by atoms with Crippen LogP contribution < -0.4 is 9.47 Å². The second kappa shape index (κ2) is 23.8. The third-order valence-electron chi connectivity index (χ3n) is 15.2. The van der Waals surface area contributed by atoms with Crippen LogP contribution in [-0.4, -0.2) is 48.4 Å². The fraction of sp³-hybridized carbons (Fsp3) is 0.698. The Kier molecular flexibility index (Phi) is 18.9. The standard InChI is InChI=1S/C28H42O4.C25H36O4/c1-3-5-10-26(29)28(19-7-6-8-20-28)21-31-24-15-11-22(12-16-24)23-13-17-25(18-14-23)32-27(30)9-4-2;1-3-4-8-22(26)25(17-13-19(14-18-25)23(27)28)24(15-6-5-7-16-24)20-9-11-21(29-2)12-10-20/h13-14,17-18,22,24H,3-12,15-16,19-21H2,1-2H3;9-12,19H,3-8,13-18H2,1-2H3,(H,27,28). The van der Waals surface area contributed by atoms with Crippen molar-refractivity contribution in [3.8, 4) is 11.5 Å². The summed E-state index contributed by atoms with van der Waals surface area (Å²) in [6, 6.07) is 16.4. The summed E-state index contributed by atoms with van der Waals surface area (Å²) in [5.41, 5.74) is 1.75. The molecule has 4 fully saturated rings. The summed E-state index contributed by atoms with van der Waals surface area (Å²) in [5, 5.41) is 9.54. The van der Waals surface area contributed by atoms with Crippen LogP contribution in [0.15, 0.2) is 48.5 Å². The van der Waals surface area contributed by atoms with Crippen LogP contribution in [0.25, 0.3) is 0 Å². The van der Waals surface area contributed by atoms with Gasteiger partial charge in [0, 0.05) is 30.1 Å². The van der Waals surface area contributed by atoms with Gasteiger partial charge in [-0.1, -0.05) is 96.4 Å². The maximum absolute atomic E-state index is 13.8. The van der Waals surface area contributed by atoms with Crippen LogP contribution in [0.2, 0.25) is 0 Å². The van der Waals surface area contributed by atoms with Crippen LogP contribution in [0.4, 0.5) is 0 Å². The molecule has 0 saturated heterocycles. The molecule has 8 nitrogen and oxygen atoms in total. The average molecular weight is 843 g/mol. The van der Waals surface area contributed by atoms with Gasteiger partial charge in [0.05, 0.1) is 31.2 Å². The highest BCUT2D eigenvalue weighted by Gasteiger charge is 2.57. The summed E-state index contributed by atoms with van der Waals surface area (Å²) in [7, 11) is 1.67. The summed E-state index contributed by atoms with van der Waals surface area (Å²) >= 11 is 0. The molecule has 0 radical (unpaired) electrons. The molecular weight excluding hydrogens is 765 g/mol. The monoisotopic (exact) mass is 843 g/mol. The number of Topliss-reactive ketones (excluding diaryl/α,β-unsaturated/α-hetero) is 2. The topological polar surface area (TPSA) is 116 Å². The van der Waals surface area contributed by atoms with Gasteiger partial charge in [0.15, 0.2) is 0 Å². The molecule has 0 unspecified atom stereocenters. The molecule has 0 heterocycles. The third-order valence-corrected chi connectivity index (χ3v) is 15.2. The maximum Gasteiger partial charge on any atom is 0.311 e. The van der Waals surface area contributed by atoms with Crippen LogP contribution in [0.1, 0.15) is 205 Å². The number of carbonyl (C=O) groups excluding carboxylic acids is 3. The van der Waals surface area contributed by atoms with Crippen molar-refractivity contribution in [2.45, 2.75) is 205 Å². The zero-order valence-electron chi connectivity index (χ0n) is 38.2. The van der Waals surface area contributed by atoms with Crippen LogP contribution in [-0.2, 0) is 29.3 Å². The molecule has 4 saturated carbocycles. The molecule has 4 aliphatic carbocycles. The number of carboxylic acid groups (broad SMARTS) is 1. The van der Waals surface area contributed by atoms with Crippen molar-refractivity contribution in [2.24, 2.45) is 16.7 Å². The normalized spacial score (nSPS) is 24.7. The van der Waals surface area contributed by atoms with Crippen molar-refractivity contribution in [1.29, 1.82) is 0 Å². The average Bonchev–Trinajstić information content (AvgIpc) is 3.30. The first-order valence-electron chi connectivity index (χ1n) is 24.4. The number of aliphatic carboxylic acids is 1. The van der Waals surface area contributed by atoms with Gasteiger partial charge in [0.25, 0.3) is 0 Å². The Hall–Kier alpha value is -3.52. The second-order valence-electron chi connectivity index (χ2n) is 19.0. The summed E-state index contributed by atoms with van der Waals surface area (Å²) < 4.78 is 17.2. The lowest BCUT2D eigenvalue weighted by atomic mass is 9.47. The smallest absolute Gasteiger partial charge is 0.311 e. The van der Waals surface area contributed by atoms with Crippen molar-refractivity contribution >= 4 is 23.5 Å². The largest absolute Gasteiger partial charge is 0.497 e. The van der Waals surface area contributed by atoms with Crippen molar-refractivity contribution in [2.75, 3.05) is 13.7 Å². The quantitative estimate of drug-likeness (QED) is 0.110. The lowest BCUT2D eigenvalue weighted by molar-refractivity contribution is -0.149. The molecule has 8 heteroatoms. The van der Waals surface area contributed by atoms with Crippen LogP contribution >= 0.6 is 0 Å². The number of esters is 1. The Labute approximate surface area is 367 Å². The number of rotatable bonds is 19. The summed E-state index contributed by atoms with van der Waals surface area (Å²) in [5.74, 6) is 1.65. The predicted octanol–water partition coefficient (Wildman–Crippen LogP) is 13.1. The summed E-state index contributed by atoms with van der Waals surface area (Å²) in [6.45, 7) is 6.88. The Morgan fingerprint density at radius 3 is 1.72 bits per heavy atom. The Bertz CT molecular complexity index is 1650. The number of carbonyl (C=O) groups is 4. The lowest BCUT2D eigenvalue weighted by Crippen LogP contribution is -2.54. The van der Waals surface area contributed by atoms with Gasteiger partial charge >= 0.3 is 11.9 Å². The Morgan fingerprint density at radius 1 is 0.623 bits per heavy atom. The number of ketones is 2. The number of carboxylic acids is 1. The predicted molar refractivity (Wildman–Crippen MR) is 242 cm³/mol. The van der Waals surface area contributed by atoms with E-state index in [2.05, 4.69) is 38.1 Å². The van der Waals surface area contributed by atoms with Crippen molar-refractivity contribution in [1.82, 2.24) is 0 Å². The van der Waals surface area contributed by atoms with E-state index in [1.807, 2.05) is 31.2 Å². The lowest BCUT2D eigenvalue weighted by Gasteiger charge is -2.55. The van der Waals surface area contributed by atoms with Crippen molar-refractivity contribution in [3.05, 3.63) is 59.7 Å². The maximum atomic E-state index is 13.8. The van der Waals surface area contributed by atoms with Crippen LogP contribution in [0.3, 0.4) is 0 Å². The molecule has 2 aromatic carbocycles. The van der Waals surface area contributed by atoms with Crippen molar-refractivity contribution in [3.63, 3.8) is 0 Å². The minimum atomic E-state index is -0.707. The second-order valence-corrected chi connectivity index (χ2v) is 19.0. The van der Waals surface area contributed by atoms with Gasteiger partial charge in [-0.25, -0.2) is 0 Å². The first kappa shape index (κ1) is 48.5. The van der Waals surface area contributed by atoms with Crippen LogP contribution in [0, 0.1) is 16.7 Å². The first-order valence-corrected chi connectivity index (χ1v) is 24.4. The molecular formula is C53H78O8. The van der Waals surface area contributed by atoms with Crippen LogP contribution in [0.5, 0.6) is 11.5 Å². The molecule has 0 spiro atoms. The molecule has 0 aliphatic heterocycles. The molecule has 0 aromatic heterocycles. The highest BCUT2D eigenvalue weighted by Crippen LogP contribution is 2.60. The third kappa shape index (κ3) is 12.4. The zero-order valence-corrected chi connectivity index (χ0v) is 38.2. The van der Waals surface area contributed by atoms with Gasteiger partial charge in [-0.05, 0) is 138 Å². The fourth-order valence-electron chi connectivity index (χ4n) is 11.4. The molecule has 338 valence electrons. The van der Waals surface area contributed by atoms with Gasteiger partial charge in [0.2, 0.25) is 0 Å². The van der Waals surface area contributed by atoms with E-state index in [0.717, 1.165) is 121 Å². The zero-order chi connectivity index (χ0) is 43.7. The Morgan fingerprint density at radius 2 is 1.18 bits per heavy atom. The molecule has 61 heavy (non-hydrogen) atoms. The SMILES string of the molecule is CCCCC(=O)C1(C2(c3ccc(OC)cc3)CCCCC2)CCC(C(=O)O)CC1.CCCCC(=O)C1(COC2CCC(c3ccc(OC(=O)CCC)cc3)CC2)CCCCC1. The summed E-state index contributed by atoms with van der Waals surface area (Å²) in [4.78, 5) is 50.1. The van der Waals surface area contributed by atoms with E-state index in [4.69, 9.17) is 14.2 Å². The van der Waals surface area contributed by atoms with E-state index in [1.165, 1.54) is 24.0 Å². The van der Waals surface area contributed by atoms with Gasteiger partial charge < -0.3 is 19.3 Å². The number of unbranched alkanes of at least 4 members (excludes halogenated alkanes) is 2. The molecule has 1 N–H and O–H groups in total. The minimum absolute atomic E-state index is 0.165. The number of methoxy groups -OCH3 is 1. The molecule has 0 atom stereocenters. The highest BCUT2D eigenvalue weighted by atomic mass is 16.5. The number of hydrogen-bond acceptors (Lipinski definition) is 7. The first-order chi connectivity index (χ1) is 29.5. The number of benzene rings is 2. The molecule has 4 aliphatic rings. The molecule has 2 aromatic rings. The van der Waals surface area contributed by atoms with E-state index in [1.54, 1.807) is 7.11 Å². The Balaban J connectivity index is 0.000000232. The fourth-order valence-corrected chi connectivity index (χ4v) is 11.4. The molecule has 0 bridgehead atoms. The molecule has 0 amide bonds. The number of hydrogen-bond donors (Lipinski definition) is 1. The highest BCUT2D eigenvalue weighted by molar-refractivity contribution is 5.87. The minimum Gasteiger partial charge on any atom is -0.497 e. The van der Waals surface area contributed by atoms with Gasteiger partial charge in [-0.3, -0.25) is 19.2 Å². The van der Waals surface area contributed by atoms with Gasteiger partial charge in [0.1, 0.15) is 23.1 Å². The summed E-state index contributed by atoms with van der Waals surface area (Å²) in [6.07, 6.45) is 25.0. The number of ether oxygens (including phenoxy) is 3. The van der Waals surface area contributed by atoms with E-state index in [9.17, 15) is 24.3 Å². The van der Waals surface area contributed by atoms with Gasteiger partial charge in [-0.2, -0.15) is 0 Å². The van der Waals surface area contributed by atoms with Crippen molar-refractivity contribution < 1.29 is 38.5 Å². The molecule has 6 rings (SSSR count). The van der Waals surface area contributed by atoms with Gasteiger partial charge in [-0.15, -0.1) is 0 Å². The van der Waals surface area contributed by atoms with E-state index < -0.39 is 11.4 Å². The van der Waals surface area contributed by atoms with E-state index in [0.29, 0.717) is 68.4 Å². The van der Waals surface area contributed by atoms with E-state index in [-0.39, 0.29) is 28.8 Å².